The van der Waals surface area contributed by atoms with Crippen LogP contribution in [0.2, 0.25) is 5.02 Å². The van der Waals surface area contributed by atoms with Crippen molar-refractivity contribution < 1.29 is 14.1 Å². The summed E-state index contributed by atoms with van der Waals surface area (Å²) in [6.45, 7) is 8.06. The molecule has 0 spiro atoms. The number of esters is 1. The van der Waals surface area contributed by atoms with Gasteiger partial charge in [0.05, 0.1) is 6.54 Å². The second-order valence-electron chi connectivity index (χ2n) is 9.88. The highest BCUT2D eigenvalue weighted by Crippen LogP contribution is 2.35. The van der Waals surface area contributed by atoms with E-state index in [9.17, 15) is 4.79 Å². The summed E-state index contributed by atoms with van der Waals surface area (Å²) in [5, 5.41) is 0.740. The largest absolute Gasteiger partial charge is 0.459 e. The molecule has 1 aliphatic carbocycles. The maximum atomic E-state index is 13.0. The van der Waals surface area contributed by atoms with Crippen molar-refractivity contribution in [3.63, 3.8) is 0 Å². The third-order valence-electron chi connectivity index (χ3n) is 7.18. The number of carbonyl (C=O) groups excluding carboxylic acids is 1. The van der Waals surface area contributed by atoms with Crippen molar-refractivity contribution in [3.8, 4) is 11.3 Å². The number of carbonyl (C=O) groups is 1. The van der Waals surface area contributed by atoms with E-state index in [1.165, 1.54) is 25.1 Å². The lowest BCUT2D eigenvalue weighted by atomic mass is 9.75. The lowest BCUT2D eigenvalue weighted by Crippen LogP contribution is -2.44. The number of halogens is 1. The number of fused-ring (bicyclic) bond motifs is 1. The lowest BCUT2D eigenvalue weighted by molar-refractivity contribution is -0.692. The highest BCUT2D eigenvalue weighted by atomic mass is 35.5. The molecule has 0 radical (unpaired) electrons. The van der Waals surface area contributed by atoms with Gasteiger partial charge < -0.3 is 4.74 Å². The van der Waals surface area contributed by atoms with Gasteiger partial charge in [-0.25, -0.2) is 13.9 Å². The molecule has 0 amide bonds. The van der Waals surface area contributed by atoms with Gasteiger partial charge in [-0.15, -0.1) is 0 Å². The Hall–Kier alpha value is -1.81. The van der Waals surface area contributed by atoms with Crippen molar-refractivity contribution in [3.05, 3.63) is 41.3 Å². The number of imidazole rings is 1. The molecule has 1 aliphatic heterocycles. The number of hydrogen-bond donors (Lipinski definition) is 0. The minimum Gasteiger partial charge on any atom is -0.459 e. The van der Waals surface area contributed by atoms with Crippen LogP contribution in [-0.2, 0) is 29.0 Å². The molecule has 4 nitrogen and oxygen atoms in total. The fourth-order valence-electron chi connectivity index (χ4n) is 5.43. The Kier molecular flexibility index (Phi) is 7.05. The molecule has 168 valence electrons. The molecule has 0 unspecified atom stereocenters. The van der Waals surface area contributed by atoms with Crippen molar-refractivity contribution in [2.75, 3.05) is 0 Å². The zero-order valence-corrected chi connectivity index (χ0v) is 19.9. The van der Waals surface area contributed by atoms with Gasteiger partial charge in [-0.1, -0.05) is 38.8 Å². The molecule has 3 atom stereocenters. The molecule has 2 aliphatic rings. The van der Waals surface area contributed by atoms with Gasteiger partial charge in [-0.3, -0.25) is 0 Å². The molecule has 0 bridgehead atoms. The number of rotatable bonds is 5. The summed E-state index contributed by atoms with van der Waals surface area (Å²) in [5.74, 6) is 2.77. The summed E-state index contributed by atoms with van der Waals surface area (Å²) in [6.07, 6.45) is 10.1. The van der Waals surface area contributed by atoms with Crippen molar-refractivity contribution in [1.29, 1.82) is 0 Å². The van der Waals surface area contributed by atoms with Crippen molar-refractivity contribution in [1.82, 2.24) is 4.57 Å². The van der Waals surface area contributed by atoms with Crippen LogP contribution in [0, 0.1) is 17.8 Å². The minimum atomic E-state index is -0.102. The normalized spacial score (nSPS) is 24.0. The quantitative estimate of drug-likeness (QED) is 0.430. The molecule has 0 saturated heterocycles. The fraction of sp³-hybridized carbons (Fsp3) is 0.615. The fourth-order valence-corrected chi connectivity index (χ4v) is 5.55. The average molecular weight is 444 g/mol. The Morgan fingerprint density at radius 1 is 1.19 bits per heavy atom. The van der Waals surface area contributed by atoms with Crippen LogP contribution in [0.5, 0.6) is 0 Å². The van der Waals surface area contributed by atoms with E-state index in [4.69, 9.17) is 16.3 Å². The van der Waals surface area contributed by atoms with E-state index in [1.54, 1.807) is 0 Å². The molecule has 1 aromatic heterocycles. The third-order valence-corrected chi connectivity index (χ3v) is 7.43. The summed E-state index contributed by atoms with van der Waals surface area (Å²) >= 11 is 6.11. The standard InChI is InChI=1S/C26H36ClN2O2/c1-18(2)22-13-8-19(3)15-24(22)31-26(30)17-28-16-23(20-9-11-21(27)12-10-20)29-14-6-4-5-7-25(28)29/h9-12,16,18-19,22,24H,4-8,13-15,17H2,1-3H3/q+1/t19-,22+,24+/m0/s1. The molecular formula is C26H36ClN2O2+. The van der Waals surface area contributed by atoms with E-state index in [0.29, 0.717) is 24.3 Å². The first kappa shape index (κ1) is 22.4. The summed E-state index contributed by atoms with van der Waals surface area (Å²) < 4.78 is 10.6. The maximum Gasteiger partial charge on any atom is 0.348 e. The Morgan fingerprint density at radius 3 is 2.71 bits per heavy atom. The molecular weight excluding hydrogens is 408 g/mol. The summed E-state index contributed by atoms with van der Waals surface area (Å²) in [5.41, 5.74) is 2.30. The van der Waals surface area contributed by atoms with Gasteiger partial charge in [0.2, 0.25) is 0 Å². The monoisotopic (exact) mass is 443 g/mol. The molecule has 0 N–H and O–H groups in total. The molecule has 2 heterocycles. The van der Waals surface area contributed by atoms with Crippen molar-refractivity contribution in [2.45, 2.75) is 84.9 Å². The lowest BCUT2D eigenvalue weighted by Gasteiger charge is -2.36. The van der Waals surface area contributed by atoms with E-state index in [2.05, 4.69) is 48.2 Å². The van der Waals surface area contributed by atoms with Gasteiger partial charge in [0.25, 0.3) is 5.82 Å². The molecule has 31 heavy (non-hydrogen) atoms. The molecule has 2 aromatic rings. The van der Waals surface area contributed by atoms with Crippen LogP contribution < -0.4 is 4.57 Å². The third kappa shape index (κ3) is 5.16. The van der Waals surface area contributed by atoms with E-state index in [0.717, 1.165) is 48.5 Å². The first-order valence-corrected chi connectivity index (χ1v) is 12.4. The predicted octanol–water partition coefficient (Wildman–Crippen LogP) is 5.83. The Labute approximate surface area is 191 Å². The van der Waals surface area contributed by atoms with Crippen LogP contribution >= 0.6 is 11.6 Å². The molecule has 1 saturated carbocycles. The number of benzene rings is 1. The number of hydrogen-bond acceptors (Lipinski definition) is 2. The SMILES string of the molecule is CC(C)[C@H]1CC[C@H](C)C[C@H]1OC(=O)C[n+]1cc(-c2ccc(Cl)cc2)n2c1CCCCC2. The summed E-state index contributed by atoms with van der Waals surface area (Å²) in [4.78, 5) is 13.0. The Balaban J connectivity index is 1.56. The minimum absolute atomic E-state index is 0.0498. The van der Waals surface area contributed by atoms with Gasteiger partial charge in [0.1, 0.15) is 12.3 Å². The van der Waals surface area contributed by atoms with Crippen LogP contribution in [0.3, 0.4) is 0 Å². The van der Waals surface area contributed by atoms with Gasteiger partial charge in [-0.2, -0.15) is 0 Å². The highest BCUT2D eigenvalue weighted by Gasteiger charge is 2.34. The van der Waals surface area contributed by atoms with E-state index in [1.807, 2.05) is 12.1 Å². The number of aromatic nitrogens is 2. The van der Waals surface area contributed by atoms with E-state index in [-0.39, 0.29) is 12.1 Å². The summed E-state index contributed by atoms with van der Waals surface area (Å²) in [6, 6.07) is 8.00. The maximum absolute atomic E-state index is 13.0. The van der Waals surface area contributed by atoms with Crippen LogP contribution in [0.15, 0.2) is 30.5 Å². The van der Waals surface area contributed by atoms with Crippen LogP contribution in [0.25, 0.3) is 11.3 Å². The zero-order valence-electron chi connectivity index (χ0n) is 19.1. The molecule has 4 rings (SSSR count). The van der Waals surface area contributed by atoms with Crippen LogP contribution in [0.1, 0.15) is 65.1 Å². The van der Waals surface area contributed by atoms with Crippen LogP contribution in [-0.4, -0.2) is 16.6 Å². The van der Waals surface area contributed by atoms with E-state index < -0.39 is 0 Å². The first-order valence-electron chi connectivity index (χ1n) is 12.0. The Bertz CT molecular complexity index is 903. The van der Waals surface area contributed by atoms with Crippen molar-refractivity contribution in [2.24, 2.45) is 17.8 Å². The van der Waals surface area contributed by atoms with Gasteiger partial charge in [0, 0.05) is 17.0 Å². The molecule has 1 fully saturated rings. The van der Waals surface area contributed by atoms with Gasteiger partial charge in [-0.05, 0) is 74.1 Å². The first-order chi connectivity index (χ1) is 14.9. The zero-order chi connectivity index (χ0) is 22.0. The van der Waals surface area contributed by atoms with Gasteiger partial charge in [0.15, 0.2) is 12.2 Å². The summed E-state index contributed by atoms with van der Waals surface area (Å²) in [7, 11) is 0. The van der Waals surface area contributed by atoms with E-state index >= 15 is 0 Å². The molecule has 1 aromatic carbocycles. The smallest absolute Gasteiger partial charge is 0.348 e. The number of ether oxygens (including phenoxy) is 1. The predicted molar refractivity (Wildman–Crippen MR) is 124 cm³/mol. The average Bonchev–Trinajstić information content (AvgIpc) is 2.89. The Morgan fingerprint density at radius 2 is 1.97 bits per heavy atom. The topological polar surface area (TPSA) is 35.1 Å². The second-order valence-corrected chi connectivity index (χ2v) is 10.3. The second kappa shape index (κ2) is 9.77. The molecule has 5 heteroatoms. The highest BCUT2D eigenvalue weighted by molar-refractivity contribution is 6.30. The number of nitrogens with zero attached hydrogens (tertiary/aromatic N) is 2. The van der Waals surface area contributed by atoms with Crippen molar-refractivity contribution >= 4 is 17.6 Å². The van der Waals surface area contributed by atoms with Gasteiger partial charge >= 0.3 is 5.97 Å². The van der Waals surface area contributed by atoms with Crippen LogP contribution in [0.4, 0.5) is 0 Å².